The van der Waals surface area contributed by atoms with Gasteiger partial charge in [0.05, 0.1) is 6.04 Å². The van der Waals surface area contributed by atoms with E-state index < -0.39 is 0 Å². The van der Waals surface area contributed by atoms with E-state index in [-0.39, 0.29) is 0 Å². The van der Waals surface area contributed by atoms with Gasteiger partial charge in [0.25, 0.3) is 0 Å². The van der Waals surface area contributed by atoms with Crippen molar-refractivity contribution >= 4 is 15.9 Å². The Balaban J connectivity index is 1.84. The molecule has 0 aliphatic carbocycles. The first-order valence-corrected chi connectivity index (χ1v) is 7.44. The molecule has 1 fully saturated rings. The highest BCUT2D eigenvalue weighted by atomic mass is 79.9. The van der Waals surface area contributed by atoms with Gasteiger partial charge in [-0.1, -0.05) is 40.5 Å². The molecule has 0 saturated carbocycles. The molecule has 1 aliphatic rings. The molecule has 1 N–H and O–H groups in total. The molecule has 19 heavy (non-hydrogen) atoms. The fraction of sp³-hybridized carbons (Fsp3) is 0.333. The van der Waals surface area contributed by atoms with Crippen molar-refractivity contribution in [1.29, 1.82) is 0 Å². The molecular formula is C15H16BrN3. The maximum Gasteiger partial charge on any atom is 0.145 e. The van der Waals surface area contributed by atoms with Crippen molar-refractivity contribution in [1.82, 2.24) is 15.3 Å². The number of hydrogen-bond acceptors (Lipinski definition) is 3. The van der Waals surface area contributed by atoms with Crippen LogP contribution >= 0.6 is 15.9 Å². The third kappa shape index (κ3) is 2.85. The molecule has 3 rings (SSSR count). The summed E-state index contributed by atoms with van der Waals surface area (Å²) in [6, 6.07) is 8.46. The van der Waals surface area contributed by atoms with Crippen LogP contribution in [-0.4, -0.2) is 16.5 Å². The number of nitrogens with one attached hydrogen (secondary N) is 1. The molecule has 0 radical (unpaired) electrons. The normalized spacial score (nSPS) is 19.3. The number of aromatic nitrogens is 2. The summed E-state index contributed by atoms with van der Waals surface area (Å²) in [6.45, 7) is 1.07. The SMILES string of the molecule is Brc1ccccc1-c1cnc(C2CCCCN2)nc1. The molecule has 4 heteroatoms. The van der Waals surface area contributed by atoms with E-state index >= 15 is 0 Å². The van der Waals surface area contributed by atoms with Crippen LogP contribution in [0.25, 0.3) is 11.1 Å². The van der Waals surface area contributed by atoms with E-state index in [9.17, 15) is 0 Å². The minimum atomic E-state index is 0.321. The number of benzene rings is 1. The van der Waals surface area contributed by atoms with E-state index in [1.54, 1.807) is 0 Å². The molecular weight excluding hydrogens is 302 g/mol. The van der Waals surface area contributed by atoms with Gasteiger partial charge in [-0.05, 0) is 31.0 Å². The Kier molecular flexibility index (Phi) is 3.89. The lowest BCUT2D eigenvalue weighted by Gasteiger charge is -2.22. The molecule has 1 unspecified atom stereocenters. The summed E-state index contributed by atoms with van der Waals surface area (Å²) < 4.78 is 1.07. The molecule has 3 nitrogen and oxygen atoms in total. The smallest absolute Gasteiger partial charge is 0.145 e. The van der Waals surface area contributed by atoms with Crippen molar-refractivity contribution in [3.8, 4) is 11.1 Å². The van der Waals surface area contributed by atoms with Crippen LogP contribution in [0.1, 0.15) is 31.1 Å². The molecule has 0 bridgehead atoms. The van der Waals surface area contributed by atoms with Gasteiger partial charge in [-0.3, -0.25) is 0 Å². The van der Waals surface area contributed by atoms with Crippen LogP contribution in [0.15, 0.2) is 41.1 Å². The number of piperidine rings is 1. The van der Waals surface area contributed by atoms with Crippen LogP contribution < -0.4 is 5.32 Å². The first kappa shape index (κ1) is 12.8. The Labute approximate surface area is 121 Å². The summed E-state index contributed by atoms with van der Waals surface area (Å²) in [7, 11) is 0. The lowest BCUT2D eigenvalue weighted by Crippen LogP contribution is -2.28. The summed E-state index contributed by atoms with van der Waals surface area (Å²) in [6.07, 6.45) is 7.48. The average Bonchev–Trinajstić information content (AvgIpc) is 2.49. The summed E-state index contributed by atoms with van der Waals surface area (Å²) in [4.78, 5) is 9.05. The molecule has 2 heterocycles. The zero-order valence-electron chi connectivity index (χ0n) is 10.6. The number of halogens is 1. The Hall–Kier alpha value is -1.26. The summed E-state index contributed by atoms with van der Waals surface area (Å²) in [5.41, 5.74) is 2.18. The second-order valence-electron chi connectivity index (χ2n) is 4.81. The first-order valence-electron chi connectivity index (χ1n) is 6.65. The van der Waals surface area contributed by atoms with Crippen LogP contribution in [0.2, 0.25) is 0 Å². The minimum Gasteiger partial charge on any atom is -0.307 e. The van der Waals surface area contributed by atoms with Gasteiger partial charge in [-0.2, -0.15) is 0 Å². The summed E-state index contributed by atoms with van der Waals surface area (Å²) in [5, 5.41) is 3.47. The zero-order chi connectivity index (χ0) is 13.1. The highest BCUT2D eigenvalue weighted by Crippen LogP contribution is 2.27. The van der Waals surface area contributed by atoms with Gasteiger partial charge in [-0.15, -0.1) is 0 Å². The van der Waals surface area contributed by atoms with Crippen LogP contribution in [-0.2, 0) is 0 Å². The maximum absolute atomic E-state index is 4.53. The van der Waals surface area contributed by atoms with Gasteiger partial charge >= 0.3 is 0 Å². The van der Waals surface area contributed by atoms with Gasteiger partial charge < -0.3 is 5.32 Å². The molecule has 98 valence electrons. The molecule has 2 aromatic rings. The molecule has 0 spiro atoms. The Bertz CT molecular complexity index is 548. The fourth-order valence-corrected chi connectivity index (χ4v) is 2.94. The van der Waals surface area contributed by atoms with E-state index in [2.05, 4.69) is 37.3 Å². The van der Waals surface area contributed by atoms with E-state index in [0.29, 0.717) is 6.04 Å². The van der Waals surface area contributed by atoms with E-state index in [1.165, 1.54) is 12.8 Å². The van der Waals surface area contributed by atoms with Gasteiger partial charge in [0.1, 0.15) is 5.82 Å². The quantitative estimate of drug-likeness (QED) is 0.917. The van der Waals surface area contributed by atoms with Crippen LogP contribution in [0.3, 0.4) is 0 Å². The second kappa shape index (κ2) is 5.80. The lowest BCUT2D eigenvalue weighted by atomic mass is 10.0. The Morgan fingerprint density at radius 2 is 1.89 bits per heavy atom. The van der Waals surface area contributed by atoms with Crippen LogP contribution in [0, 0.1) is 0 Å². The molecule has 1 atom stereocenters. The summed E-state index contributed by atoms with van der Waals surface area (Å²) in [5.74, 6) is 0.913. The number of rotatable bonds is 2. The van der Waals surface area contributed by atoms with E-state index in [0.717, 1.165) is 34.4 Å². The van der Waals surface area contributed by atoms with Crippen molar-refractivity contribution in [2.45, 2.75) is 25.3 Å². The van der Waals surface area contributed by atoms with Crippen molar-refractivity contribution in [2.24, 2.45) is 0 Å². The van der Waals surface area contributed by atoms with Gasteiger partial charge in [0.15, 0.2) is 0 Å². The average molecular weight is 318 g/mol. The molecule has 0 amide bonds. The topological polar surface area (TPSA) is 37.8 Å². The van der Waals surface area contributed by atoms with Crippen molar-refractivity contribution < 1.29 is 0 Å². The van der Waals surface area contributed by atoms with Gasteiger partial charge in [0, 0.05) is 22.4 Å². The highest BCUT2D eigenvalue weighted by molar-refractivity contribution is 9.10. The van der Waals surface area contributed by atoms with E-state index in [4.69, 9.17) is 0 Å². The number of nitrogens with zero attached hydrogens (tertiary/aromatic N) is 2. The molecule has 1 aliphatic heterocycles. The van der Waals surface area contributed by atoms with Crippen LogP contribution in [0.4, 0.5) is 0 Å². The van der Waals surface area contributed by atoms with Gasteiger partial charge in [0.2, 0.25) is 0 Å². The molecule has 1 saturated heterocycles. The van der Waals surface area contributed by atoms with E-state index in [1.807, 2.05) is 30.6 Å². The zero-order valence-corrected chi connectivity index (χ0v) is 12.2. The first-order chi connectivity index (χ1) is 9.34. The predicted molar refractivity (Wildman–Crippen MR) is 79.8 cm³/mol. The largest absolute Gasteiger partial charge is 0.307 e. The maximum atomic E-state index is 4.53. The fourth-order valence-electron chi connectivity index (χ4n) is 2.42. The standard InChI is InChI=1S/C15H16BrN3/c16-13-6-2-1-5-12(13)11-9-18-15(19-10-11)14-7-3-4-8-17-14/h1-2,5-6,9-10,14,17H,3-4,7-8H2. The molecule has 1 aromatic heterocycles. The number of hydrogen-bond donors (Lipinski definition) is 1. The molecule has 1 aromatic carbocycles. The van der Waals surface area contributed by atoms with Crippen molar-refractivity contribution in [2.75, 3.05) is 6.54 Å². The van der Waals surface area contributed by atoms with Gasteiger partial charge in [-0.25, -0.2) is 9.97 Å². The third-order valence-electron chi connectivity index (χ3n) is 3.48. The Morgan fingerprint density at radius 3 is 2.58 bits per heavy atom. The summed E-state index contributed by atoms with van der Waals surface area (Å²) >= 11 is 3.56. The lowest BCUT2D eigenvalue weighted by molar-refractivity contribution is 0.397. The highest BCUT2D eigenvalue weighted by Gasteiger charge is 2.17. The van der Waals surface area contributed by atoms with Crippen molar-refractivity contribution in [3.63, 3.8) is 0 Å². The second-order valence-corrected chi connectivity index (χ2v) is 5.67. The monoisotopic (exact) mass is 317 g/mol. The van der Waals surface area contributed by atoms with Crippen molar-refractivity contribution in [3.05, 3.63) is 47.0 Å². The Morgan fingerprint density at radius 1 is 1.11 bits per heavy atom. The van der Waals surface area contributed by atoms with Crippen LogP contribution in [0.5, 0.6) is 0 Å². The third-order valence-corrected chi connectivity index (χ3v) is 4.17. The predicted octanol–water partition coefficient (Wildman–Crippen LogP) is 3.72. The minimum absolute atomic E-state index is 0.321.